The molecule has 2 aromatic heterocycles. The van der Waals surface area contributed by atoms with Gasteiger partial charge in [-0.25, -0.2) is 19.2 Å². The molecule has 0 atom stereocenters. The zero-order chi connectivity index (χ0) is 23.2. The van der Waals surface area contributed by atoms with E-state index >= 15 is 0 Å². The summed E-state index contributed by atoms with van der Waals surface area (Å²) in [5.41, 5.74) is 7.67. The van der Waals surface area contributed by atoms with Gasteiger partial charge in [0, 0.05) is 17.4 Å². The standard InChI is InChI=1S/C23H18FN5O3S/c24-16-7-9-17(10-8-16)27-22-29-21(25)20(33-22)19(30)15-6-11-18(26-12-15)28-23(31)32-13-14-4-2-1-3-5-14/h1-12H,13,25H2,(H,27,29)(H,26,28,31). The number of carbonyl (C=O) groups is 2. The molecule has 0 fully saturated rings. The van der Waals surface area contributed by atoms with E-state index in [1.54, 1.807) is 12.1 Å². The first-order chi connectivity index (χ1) is 16.0. The monoisotopic (exact) mass is 463 g/mol. The van der Waals surface area contributed by atoms with Gasteiger partial charge in [0.15, 0.2) is 5.13 Å². The Labute approximate surface area is 192 Å². The zero-order valence-electron chi connectivity index (χ0n) is 17.1. The molecule has 0 saturated heterocycles. The average Bonchev–Trinajstić information content (AvgIpc) is 3.20. The summed E-state index contributed by atoms with van der Waals surface area (Å²) in [6.07, 6.45) is 0.676. The molecule has 8 nitrogen and oxygen atoms in total. The van der Waals surface area contributed by atoms with Crippen molar-refractivity contribution in [2.75, 3.05) is 16.4 Å². The van der Waals surface area contributed by atoms with Gasteiger partial charge in [0.25, 0.3) is 0 Å². The van der Waals surface area contributed by atoms with E-state index in [9.17, 15) is 14.0 Å². The molecule has 0 saturated carbocycles. The highest BCUT2D eigenvalue weighted by Gasteiger charge is 2.19. The van der Waals surface area contributed by atoms with E-state index in [-0.39, 0.29) is 40.3 Å². The molecule has 0 spiro atoms. The Morgan fingerprint density at radius 3 is 2.48 bits per heavy atom. The number of aromatic nitrogens is 2. The van der Waals surface area contributed by atoms with Crippen LogP contribution in [-0.2, 0) is 11.3 Å². The fourth-order valence-corrected chi connectivity index (χ4v) is 3.67. The van der Waals surface area contributed by atoms with E-state index in [0.29, 0.717) is 10.8 Å². The van der Waals surface area contributed by atoms with Crippen molar-refractivity contribution >= 4 is 45.7 Å². The zero-order valence-corrected chi connectivity index (χ0v) is 17.9. The number of halogens is 1. The Hall–Kier alpha value is -4.31. The van der Waals surface area contributed by atoms with E-state index in [2.05, 4.69) is 20.6 Å². The minimum absolute atomic E-state index is 0.0707. The third kappa shape index (κ3) is 5.69. The maximum absolute atomic E-state index is 13.1. The van der Waals surface area contributed by atoms with Crippen molar-refractivity contribution < 1.29 is 18.7 Å². The molecular weight excluding hydrogens is 445 g/mol. The summed E-state index contributed by atoms with van der Waals surface area (Å²) in [4.78, 5) is 33.3. The van der Waals surface area contributed by atoms with Gasteiger partial charge in [-0.1, -0.05) is 41.7 Å². The Balaban J connectivity index is 1.37. The summed E-state index contributed by atoms with van der Waals surface area (Å²) in [5.74, 6) is -0.408. The van der Waals surface area contributed by atoms with Gasteiger partial charge in [-0.05, 0) is 42.0 Å². The largest absolute Gasteiger partial charge is 0.444 e. The molecule has 10 heteroatoms. The number of pyridine rings is 1. The second-order valence-corrected chi connectivity index (χ2v) is 7.81. The number of anilines is 4. The predicted octanol–water partition coefficient (Wildman–Crippen LogP) is 4.98. The molecule has 166 valence electrons. The molecule has 2 heterocycles. The van der Waals surface area contributed by atoms with E-state index in [0.717, 1.165) is 16.9 Å². The number of nitrogens with zero attached hydrogens (tertiary/aromatic N) is 2. The first-order valence-electron chi connectivity index (χ1n) is 9.75. The fraction of sp³-hybridized carbons (Fsp3) is 0.0435. The summed E-state index contributed by atoms with van der Waals surface area (Å²) < 4.78 is 18.2. The number of ether oxygens (including phenoxy) is 1. The summed E-state index contributed by atoms with van der Waals surface area (Å²) in [7, 11) is 0. The second-order valence-electron chi connectivity index (χ2n) is 6.81. The van der Waals surface area contributed by atoms with Crippen LogP contribution < -0.4 is 16.4 Å². The van der Waals surface area contributed by atoms with E-state index in [1.807, 2.05) is 30.3 Å². The van der Waals surface area contributed by atoms with E-state index < -0.39 is 6.09 Å². The van der Waals surface area contributed by atoms with Gasteiger partial charge in [-0.2, -0.15) is 0 Å². The molecule has 0 aliphatic heterocycles. The lowest BCUT2D eigenvalue weighted by atomic mass is 10.1. The van der Waals surface area contributed by atoms with Gasteiger partial charge in [-0.15, -0.1) is 0 Å². The van der Waals surface area contributed by atoms with Crippen LogP contribution >= 0.6 is 11.3 Å². The quantitative estimate of drug-likeness (QED) is 0.331. The lowest BCUT2D eigenvalue weighted by Crippen LogP contribution is -2.14. The van der Waals surface area contributed by atoms with Crippen LogP contribution in [0.1, 0.15) is 20.8 Å². The number of thiazole rings is 1. The fourth-order valence-electron chi connectivity index (χ4n) is 2.80. The number of nitrogens with one attached hydrogen (secondary N) is 2. The molecule has 0 bridgehead atoms. The smallest absolute Gasteiger partial charge is 0.413 e. The predicted molar refractivity (Wildman–Crippen MR) is 124 cm³/mol. The third-order valence-electron chi connectivity index (χ3n) is 4.42. The minimum atomic E-state index is -0.659. The maximum atomic E-state index is 13.1. The molecule has 1 amide bonds. The number of amides is 1. The van der Waals surface area contributed by atoms with Crippen LogP contribution in [0.25, 0.3) is 0 Å². The molecule has 33 heavy (non-hydrogen) atoms. The Bertz CT molecular complexity index is 1260. The summed E-state index contributed by atoms with van der Waals surface area (Å²) in [5, 5.41) is 5.89. The molecule has 4 N–H and O–H groups in total. The number of ketones is 1. The van der Waals surface area contributed by atoms with Crippen LogP contribution in [0.4, 0.5) is 31.6 Å². The topological polar surface area (TPSA) is 119 Å². The Kier molecular flexibility index (Phi) is 6.56. The van der Waals surface area contributed by atoms with Gasteiger partial charge >= 0.3 is 6.09 Å². The number of nitrogens with two attached hydrogens (primary N) is 1. The van der Waals surface area contributed by atoms with Crippen LogP contribution in [0, 0.1) is 5.82 Å². The number of carbonyl (C=O) groups excluding carboxylic acids is 2. The second kappa shape index (κ2) is 9.88. The first-order valence-corrected chi connectivity index (χ1v) is 10.6. The van der Waals surface area contributed by atoms with Crippen LogP contribution in [0.2, 0.25) is 0 Å². The number of rotatable bonds is 7. The highest BCUT2D eigenvalue weighted by Crippen LogP contribution is 2.29. The summed E-state index contributed by atoms with van der Waals surface area (Å²) in [6, 6.07) is 18.0. The highest BCUT2D eigenvalue weighted by atomic mass is 32.1. The highest BCUT2D eigenvalue weighted by molar-refractivity contribution is 7.18. The van der Waals surface area contributed by atoms with Gasteiger partial charge in [0.1, 0.15) is 28.9 Å². The minimum Gasteiger partial charge on any atom is -0.444 e. The van der Waals surface area contributed by atoms with Crippen LogP contribution in [0.15, 0.2) is 72.9 Å². The van der Waals surface area contributed by atoms with Crippen LogP contribution in [0.5, 0.6) is 0 Å². The maximum Gasteiger partial charge on any atom is 0.413 e. The van der Waals surface area contributed by atoms with Crippen LogP contribution in [0.3, 0.4) is 0 Å². The molecule has 0 unspecified atom stereocenters. The van der Waals surface area contributed by atoms with E-state index in [1.165, 1.54) is 30.5 Å². The number of hydrogen-bond acceptors (Lipinski definition) is 8. The van der Waals surface area contributed by atoms with Crippen molar-refractivity contribution in [3.63, 3.8) is 0 Å². The van der Waals surface area contributed by atoms with Gasteiger partial charge < -0.3 is 15.8 Å². The van der Waals surface area contributed by atoms with Crippen molar-refractivity contribution in [3.8, 4) is 0 Å². The van der Waals surface area contributed by atoms with Gasteiger partial charge in [-0.3, -0.25) is 10.1 Å². The SMILES string of the molecule is Nc1nc(Nc2ccc(F)cc2)sc1C(=O)c1ccc(NC(=O)OCc2ccccc2)nc1. The first kappa shape index (κ1) is 21.9. The number of nitrogen functional groups attached to an aromatic ring is 1. The molecule has 0 aliphatic carbocycles. The molecule has 4 rings (SSSR count). The van der Waals surface area contributed by atoms with Crippen LogP contribution in [-0.4, -0.2) is 21.8 Å². The van der Waals surface area contributed by atoms with Gasteiger partial charge in [0.05, 0.1) is 0 Å². The van der Waals surface area contributed by atoms with Gasteiger partial charge in [0.2, 0.25) is 5.78 Å². The lowest BCUT2D eigenvalue weighted by Gasteiger charge is -2.07. The summed E-state index contributed by atoms with van der Waals surface area (Å²) >= 11 is 1.07. The lowest BCUT2D eigenvalue weighted by molar-refractivity contribution is 0.104. The Morgan fingerprint density at radius 2 is 1.79 bits per heavy atom. The molecule has 0 aliphatic rings. The third-order valence-corrected chi connectivity index (χ3v) is 5.41. The number of benzene rings is 2. The number of hydrogen-bond donors (Lipinski definition) is 3. The van der Waals surface area contributed by atoms with Crippen molar-refractivity contribution in [2.45, 2.75) is 6.61 Å². The van der Waals surface area contributed by atoms with Crippen molar-refractivity contribution in [3.05, 3.63) is 94.7 Å². The normalized spacial score (nSPS) is 10.5. The van der Waals surface area contributed by atoms with Crippen molar-refractivity contribution in [2.24, 2.45) is 0 Å². The molecule has 0 radical (unpaired) electrons. The molecule has 2 aromatic carbocycles. The average molecular weight is 463 g/mol. The van der Waals surface area contributed by atoms with E-state index in [4.69, 9.17) is 10.5 Å². The molecular formula is C23H18FN5O3S. The summed E-state index contributed by atoms with van der Waals surface area (Å²) in [6.45, 7) is 0.127. The van der Waals surface area contributed by atoms with Crippen molar-refractivity contribution in [1.29, 1.82) is 0 Å². The van der Waals surface area contributed by atoms with Crippen molar-refractivity contribution in [1.82, 2.24) is 9.97 Å². The molecule has 4 aromatic rings. The Morgan fingerprint density at radius 1 is 1.03 bits per heavy atom.